The molecule has 7 heteroatoms. The van der Waals surface area contributed by atoms with E-state index in [9.17, 15) is 13.2 Å². The molecule has 0 spiro atoms. The Hall–Kier alpha value is -2.25. The number of hydrogen-bond acceptors (Lipinski definition) is 5. The summed E-state index contributed by atoms with van der Waals surface area (Å²) in [5.41, 5.74) is 2.21. The molecule has 3 rings (SSSR count). The molecule has 6 nitrogen and oxygen atoms in total. The minimum atomic E-state index is -3.43. The van der Waals surface area contributed by atoms with Crippen molar-refractivity contribution in [3.05, 3.63) is 59.9 Å². The van der Waals surface area contributed by atoms with Gasteiger partial charge < -0.3 is 4.90 Å². The van der Waals surface area contributed by atoms with Gasteiger partial charge in [0.1, 0.15) is 0 Å². The van der Waals surface area contributed by atoms with Gasteiger partial charge in [0.05, 0.1) is 10.6 Å². The largest absolute Gasteiger partial charge is 0.340 e. The average molecular weight is 388 g/mol. The number of carbonyl (C=O) groups is 1. The molecule has 1 aromatic heterocycles. The highest BCUT2D eigenvalue weighted by atomic mass is 32.2. The van der Waals surface area contributed by atoms with Crippen molar-refractivity contribution in [1.82, 2.24) is 14.8 Å². The summed E-state index contributed by atoms with van der Waals surface area (Å²) in [5, 5.41) is 0. The Kier molecular flexibility index (Phi) is 6.23. The van der Waals surface area contributed by atoms with Crippen LogP contribution < -0.4 is 0 Å². The van der Waals surface area contributed by atoms with Gasteiger partial charge in [-0.1, -0.05) is 17.7 Å². The molecular weight excluding hydrogens is 362 g/mol. The first-order chi connectivity index (χ1) is 12.9. The third-order valence-corrected chi connectivity index (χ3v) is 6.58. The summed E-state index contributed by atoms with van der Waals surface area (Å²) in [6.07, 6.45) is 3.59. The van der Waals surface area contributed by atoms with Crippen molar-refractivity contribution in [1.29, 1.82) is 0 Å². The molecule has 0 atom stereocenters. The second kappa shape index (κ2) is 8.63. The summed E-state index contributed by atoms with van der Waals surface area (Å²) < 4.78 is 24.8. The fourth-order valence-electron chi connectivity index (χ4n) is 3.15. The Bertz CT molecular complexity index is 859. The van der Waals surface area contributed by atoms with Crippen molar-refractivity contribution >= 4 is 15.7 Å². The van der Waals surface area contributed by atoms with Gasteiger partial charge in [0.2, 0.25) is 5.91 Å². The lowest BCUT2D eigenvalue weighted by Crippen LogP contribution is -2.48. The lowest BCUT2D eigenvalue weighted by molar-refractivity contribution is -0.132. The van der Waals surface area contributed by atoms with E-state index in [1.807, 2.05) is 19.1 Å². The van der Waals surface area contributed by atoms with Crippen LogP contribution in [0.3, 0.4) is 0 Å². The van der Waals surface area contributed by atoms with Crippen molar-refractivity contribution < 1.29 is 13.2 Å². The molecule has 0 unspecified atom stereocenters. The number of rotatable bonds is 6. The zero-order chi connectivity index (χ0) is 19.3. The van der Waals surface area contributed by atoms with Crippen LogP contribution in [-0.4, -0.2) is 61.0 Å². The van der Waals surface area contributed by atoms with Crippen LogP contribution in [0.15, 0.2) is 53.7 Å². The highest BCUT2D eigenvalue weighted by Gasteiger charge is 2.23. The van der Waals surface area contributed by atoms with Crippen molar-refractivity contribution in [3.63, 3.8) is 0 Å². The minimum Gasteiger partial charge on any atom is -0.340 e. The average Bonchev–Trinajstić information content (AvgIpc) is 2.68. The zero-order valence-corrected chi connectivity index (χ0v) is 16.4. The first-order valence-electron chi connectivity index (χ1n) is 9.12. The Labute approximate surface area is 160 Å². The quantitative estimate of drug-likeness (QED) is 0.757. The van der Waals surface area contributed by atoms with Gasteiger partial charge in [0.25, 0.3) is 0 Å². The van der Waals surface area contributed by atoms with E-state index in [1.165, 1.54) is 5.56 Å². The van der Waals surface area contributed by atoms with Crippen LogP contribution in [0.5, 0.6) is 0 Å². The molecule has 0 bridgehead atoms. The number of carbonyl (C=O) groups excluding carboxylic acids is 1. The summed E-state index contributed by atoms with van der Waals surface area (Å²) in [6.45, 7) is 5.60. The third kappa shape index (κ3) is 5.37. The molecule has 0 radical (unpaired) electrons. The van der Waals surface area contributed by atoms with Crippen LogP contribution in [0.2, 0.25) is 0 Å². The molecule has 0 saturated carbocycles. The van der Waals surface area contributed by atoms with E-state index >= 15 is 0 Å². The normalized spacial score (nSPS) is 15.7. The van der Waals surface area contributed by atoms with E-state index in [1.54, 1.807) is 41.6 Å². The molecule has 27 heavy (non-hydrogen) atoms. The number of benzene rings is 1. The van der Waals surface area contributed by atoms with E-state index in [0.29, 0.717) is 13.1 Å². The summed E-state index contributed by atoms with van der Waals surface area (Å²) in [5.74, 6) is -0.235. The maximum Gasteiger partial charge on any atom is 0.223 e. The fraction of sp³-hybridized carbons (Fsp3) is 0.400. The molecule has 2 heterocycles. The summed E-state index contributed by atoms with van der Waals surface area (Å²) >= 11 is 0. The van der Waals surface area contributed by atoms with E-state index in [2.05, 4.69) is 9.88 Å². The summed E-state index contributed by atoms with van der Waals surface area (Å²) in [6, 6.07) is 10.7. The van der Waals surface area contributed by atoms with Gasteiger partial charge in [0, 0.05) is 51.5 Å². The predicted octanol–water partition coefficient (Wildman–Crippen LogP) is 1.90. The minimum absolute atomic E-state index is 0.0283. The van der Waals surface area contributed by atoms with E-state index < -0.39 is 9.84 Å². The van der Waals surface area contributed by atoms with Crippen LogP contribution in [0.4, 0.5) is 0 Å². The maximum absolute atomic E-state index is 12.4. The van der Waals surface area contributed by atoms with Crippen molar-refractivity contribution in [2.45, 2.75) is 24.8 Å². The van der Waals surface area contributed by atoms with Gasteiger partial charge in [0.15, 0.2) is 9.84 Å². The molecule has 0 aliphatic carbocycles. The van der Waals surface area contributed by atoms with Crippen molar-refractivity contribution in [3.8, 4) is 0 Å². The van der Waals surface area contributed by atoms with Gasteiger partial charge in [-0.15, -0.1) is 0 Å². The Morgan fingerprint density at radius 1 is 1.00 bits per heavy atom. The number of piperazine rings is 1. The number of pyridine rings is 1. The van der Waals surface area contributed by atoms with Crippen LogP contribution in [0, 0.1) is 6.92 Å². The summed E-state index contributed by atoms with van der Waals surface area (Å²) in [4.78, 5) is 20.8. The number of nitrogens with zero attached hydrogens (tertiary/aromatic N) is 3. The monoisotopic (exact) mass is 387 g/mol. The Balaban J connectivity index is 1.47. The van der Waals surface area contributed by atoms with Gasteiger partial charge >= 0.3 is 0 Å². The van der Waals surface area contributed by atoms with Gasteiger partial charge in [-0.3, -0.25) is 14.7 Å². The van der Waals surface area contributed by atoms with Crippen LogP contribution in [0.25, 0.3) is 0 Å². The topological polar surface area (TPSA) is 70.6 Å². The second-order valence-corrected chi connectivity index (χ2v) is 9.00. The first kappa shape index (κ1) is 19.5. The van der Waals surface area contributed by atoms with Crippen molar-refractivity contribution in [2.75, 3.05) is 31.9 Å². The molecule has 144 valence electrons. The molecule has 2 aromatic rings. The van der Waals surface area contributed by atoms with E-state index in [-0.39, 0.29) is 23.0 Å². The third-order valence-electron chi connectivity index (χ3n) is 4.85. The number of aromatic nitrogens is 1. The summed E-state index contributed by atoms with van der Waals surface area (Å²) in [7, 11) is -3.43. The van der Waals surface area contributed by atoms with Gasteiger partial charge in [-0.2, -0.15) is 0 Å². The molecule has 1 fully saturated rings. The highest BCUT2D eigenvalue weighted by molar-refractivity contribution is 7.91. The van der Waals surface area contributed by atoms with E-state index in [0.717, 1.165) is 25.2 Å². The molecule has 1 aromatic carbocycles. The van der Waals surface area contributed by atoms with Crippen LogP contribution >= 0.6 is 0 Å². The molecule has 0 N–H and O–H groups in total. The van der Waals surface area contributed by atoms with E-state index in [4.69, 9.17) is 0 Å². The molecule has 1 saturated heterocycles. The highest BCUT2D eigenvalue weighted by Crippen LogP contribution is 2.14. The van der Waals surface area contributed by atoms with Gasteiger partial charge in [-0.05, 0) is 36.8 Å². The first-order valence-corrected chi connectivity index (χ1v) is 10.8. The SMILES string of the molecule is Cc1ccc(S(=O)(=O)CCC(=O)N2CCN(Cc3ccncc3)CC2)cc1. The van der Waals surface area contributed by atoms with Crippen LogP contribution in [0.1, 0.15) is 17.5 Å². The second-order valence-electron chi connectivity index (χ2n) is 6.89. The fourth-order valence-corrected chi connectivity index (χ4v) is 4.37. The van der Waals surface area contributed by atoms with Crippen molar-refractivity contribution in [2.24, 2.45) is 0 Å². The standard InChI is InChI=1S/C20H25N3O3S/c1-17-2-4-19(5-3-17)27(25,26)15-8-20(24)23-13-11-22(12-14-23)16-18-6-9-21-10-7-18/h2-7,9-10H,8,11-16H2,1H3. The predicted molar refractivity (Wildman–Crippen MR) is 104 cm³/mol. The Morgan fingerprint density at radius 3 is 2.26 bits per heavy atom. The van der Waals surface area contributed by atoms with Gasteiger partial charge in [-0.25, -0.2) is 8.42 Å². The number of aryl methyl sites for hydroxylation is 1. The smallest absolute Gasteiger partial charge is 0.223 e. The maximum atomic E-state index is 12.4. The molecular formula is C20H25N3O3S. The number of sulfone groups is 1. The number of amides is 1. The zero-order valence-electron chi connectivity index (χ0n) is 15.5. The van der Waals surface area contributed by atoms with Crippen LogP contribution in [-0.2, 0) is 21.2 Å². The molecule has 1 aliphatic rings. The lowest BCUT2D eigenvalue weighted by Gasteiger charge is -2.34. The number of hydrogen-bond donors (Lipinski definition) is 0. The lowest BCUT2D eigenvalue weighted by atomic mass is 10.2. The Morgan fingerprint density at radius 2 is 1.63 bits per heavy atom. The molecule has 1 amide bonds. The molecule has 1 aliphatic heterocycles.